The van der Waals surface area contributed by atoms with Crippen LogP contribution in [0.4, 0.5) is 18.9 Å². The number of hydrogen-bond donors (Lipinski definition) is 2. The molecule has 1 aromatic heterocycles. The van der Waals surface area contributed by atoms with Crippen molar-refractivity contribution >= 4 is 11.6 Å². The van der Waals surface area contributed by atoms with Crippen LogP contribution in [-0.2, 0) is 13.5 Å². The average Bonchev–Trinajstić information content (AvgIpc) is 2.90. The Balaban J connectivity index is 1.88. The number of aliphatic imine (C=N–C) groups is 1. The molecule has 0 radical (unpaired) electrons. The van der Waals surface area contributed by atoms with Crippen LogP contribution in [0, 0.1) is 0 Å². The molecule has 3 N–H and O–H groups in total. The number of halogens is 3. The van der Waals surface area contributed by atoms with Gasteiger partial charge in [0, 0.05) is 19.8 Å². The molecule has 0 atom stereocenters. The molecule has 6 nitrogen and oxygen atoms in total. The monoisotopic (exact) mass is 341 g/mol. The van der Waals surface area contributed by atoms with Gasteiger partial charge in [-0.2, -0.15) is 5.10 Å². The largest absolute Gasteiger partial charge is 0.573 e. The standard InChI is InChI=1S/C15H18F3N5O/c1-23-10-11(9-21-23)5-4-8-20-14(19)22-12-6-2-3-7-13(12)24-15(16,17)18/h2-3,6-7,9-10H,4-5,8H2,1H3,(H3,19,20,22). The van der Waals surface area contributed by atoms with Crippen LogP contribution in [-0.4, -0.2) is 28.6 Å². The first-order valence-corrected chi connectivity index (χ1v) is 7.23. The highest BCUT2D eigenvalue weighted by molar-refractivity contribution is 5.93. The molecule has 0 aliphatic carbocycles. The number of hydrogen-bond acceptors (Lipinski definition) is 3. The van der Waals surface area contributed by atoms with Gasteiger partial charge in [0.2, 0.25) is 0 Å². The van der Waals surface area contributed by atoms with Crippen LogP contribution in [0.1, 0.15) is 12.0 Å². The topological polar surface area (TPSA) is 77.5 Å². The average molecular weight is 341 g/mol. The number of rotatable bonds is 6. The van der Waals surface area contributed by atoms with Gasteiger partial charge in [-0.3, -0.25) is 9.67 Å². The first kappa shape index (κ1) is 17.6. The summed E-state index contributed by atoms with van der Waals surface area (Å²) in [7, 11) is 1.84. The number of nitrogens with two attached hydrogens (primary N) is 1. The highest BCUT2D eigenvalue weighted by Crippen LogP contribution is 2.29. The third-order valence-electron chi connectivity index (χ3n) is 3.04. The summed E-state index contributed by atoms with van der Waals surface area (Å²) in [5.74, 6) is -0.335. The maximum atomic E-state index is 12.4. The normalized spacial score (nSPS) is 12.2. The van der Waals surface area contributed by atoms with Gasteiger partial charge in [0.15, 0.2) is 11.7 Å². The van der Waals surface area contributed by atoms with Crippen LogP contribution in [0.25, 0.3) is 0 Å². The van der Waals surface area contributed by atoms with E-state index in [-0.39, 0.29) is 17.4 Å². The lowest BCUT2D eigenvalue weighted by molar-refractivity contribution is -0.274. The van der Waals surface area contributed by atoms with Gasteiger partial charge in [-0.15, -0.1) is 13.2 Å². The van der Waals surface area contributed by atoms with Crippen LogP contribution in [0.5, 0.6) is 5.75 Å². The van der Waals surface area contributed by atoms with Crippen molar-refractivity contribution in [1.29, 1.82) is 0 Å². The van der Waals surface area contributed by atoms with Crippen molar-refractivity contribution in [3.05, 3.63) is 42.2 Å². The van der Waals surface area contributed by atoms with E-state index in [1.807, 2.05) is 13.2 Å². The van der Waals surface area contributed by atoms with Gasteiger partial charge in [-0.05, 0) is 30.5 Å². The number of nitrogens with zero attached hydrogens (tertiary/aromatic N) is 3. The molecule has 2 rings (SSSR count). The van der Waals surface area contributed by atoms with E-state index in [4.69, 9.17) is 5.73 Å². The lowest BCUT2D eigenvalue weighted by Crippen LogP contribution is -2.24. The number of guanidine groups is 1. The van der Waals surface area contributed by atoms with Gasteiger partial charge in [0.05, 0.1) is 11.9 Å². The number of benzene rings is 1. The molecule has 0 saturated heterocycles. The predicted octanol–water partition coefficient (Wildman–Crippen LogP) is 2.68. The number of aryl methyl sites for hydroxylation is 2. The van der Waals surface area contributed by atoms with Crippen molar-refractivity contribution in [2.75, 3.05) is 11.9 Å². The molecule has 2 aromatic rings. The smallest absolute Gasteiger partial charge is 0.404 e. The second-order valence-corrected chi connectivity index (χ2v) is 5.06. The molecular weight excluding hydrogens is 323 g/mol. The molecule has 1 aromatic carbocycles. The maximum Gasteiger partial charge on any atom is 0.573 e. The Morgan fingerprint density at radius 3 is 2.79 bits per heavy atom. The lowest BCUT2D eigenvalue weighted by atomic mass is 10.2. The van der Waals surface area contributed by atoms with Crippen molar-refractivity contribution in [2.45, 2.75) is 19.2 Å². The van der Waals surface area contributed by atoms with Gasteiger partial charge in [0.25, 0.3) is 0 Å². The van der Waals surface area contributed by atoms with Gasteiger partial charge in [0.1, 0.15) is 0 Å². The molecule has 0 fully saturated rings. The van der Waals surface area contributed by atoms with E-state index in [2.05, 4.69) is 20.1 Å². The zero-order chi connectivity index (χ0) is 17.6. The highest BCUT2D eigenvalue weighted by Gasteiger charge is 2.32. The zero-order valence-electron chi connectivity index (χ0n) is 13.0. The molecule has 9 heteroatoms. The van der Waals surface area contributed by atoms with Gasteiger partial charge >= 0.3 is 6.36 Å². The first-order valence-electron chi connectivity index (χ1n) is 7.23. The number of anilines is 1. The second-order valence-electron chi connectivity index (χ2n) is 5.06. The van der Waals surface area contributed by atoms with Crippen molar-refractivity contribution in [3.8, 4) is 5.75 Å². The number of alkyl halides is 3. The molecule has 24 heavy (non-hydrogen) atoms. The van der Waals surface area contributed by atoms with E-state index in [1.165, 1.54) is 18.2 Å². The van der Waals surface area contributed by atoms with Crippen LogP contribution >= 0.6 is 0 Å². The summed E-state index contributed by atoms with van der Waals surface area (Å²) in [5, 5.41) is 6.69. The van der Waals surface area contributed by atoms with Crippen LogP contribution in [0.2, 0.25) is 0 Å². The summed E-state index contributed by atoms with van der Waals surface area (Å²) in [4.78, 5) is 4.10. The minimum atomic E-state index is -4.77. The fourth-order valence-electron chi connectivity index (χ4n) is 2.04. The molecule has 1 heterocycles. The molecule has 0 amide bonds. The second kappa shape index (κ2) is 7.71. The Bertz CT molecular complexity index is 696. The summed E-state index contributed by atoms with van der Waals surface area (Å²) in [6, 6.07) is 5.64. The summed E-state index contributed by atoms with van der Waals surface area (Å²) in [5.41, 5.74) is 6.89. The van der Waals surface area contributed by atoms with E-state index >= 15 is 0 Å². The van der Waals surface area contributed by atoms with Crippen LogP contribution < -0.4 is 15.8 Å². The molecule has 0 aliphatic heterocycles. The molecular formula is C15H18F3N5O. The third-order valence-corrected chi connectivity index (χ3v) is 3.04. The third kappa shape index (κ3) is 5.82. The van der Waals surface area contributed by atoms with E-state index < -0.39 is 6.36 Å². The molecule has 130 valence electrons. The fraction of sp³-hybridized carbons (Fsp3) is 0.333. The van der Waals surface area contributed by atoms with Crippen LogP contribution in [0.3, 0.4) is 0 Å². The predicted molar refractivity (Wildman–Crippen MR) is 84.8 cm³/mol. The SMILES string of the molecule is Cn1cc(CCCN=C(N)Nc2ccccc2OC(F)(F)F)cn1. The van der Waals surface area contributed by atoms with Crippen molar-refractivity contribution in [2.24, 2.45) is 17.8 Å². The Labute approximate surface area is 137 Å². The van der Waals surface area contributed by atoms with Gasteiger partial charge < -0.3 is 15.8 Å². The summed E-state index contributed by atoms with van der Waals surface area (Å²) < 4.78 is 42.7. The fourth-order valence-corrected chi connectivity index (χ4v) is 2.04. The molecule has 0 spiro atoms. The number of para-hydroxylation sites is 2. The quantitative estimate of drug-likeness (QED) is 0.481. The van der Waals surface area contributed by atoms with E-state index in [1.54, 1.807) is 16.9 Å². The molecule has 0 bridgehead atoms. The minimum Gasteiger partial charge on any atom is -0.404 e. The highest BCUT2D eigenvalue weighted by atomic mass is 19.4. The Morgan fingerprint density at radius 2 is 2.12 bits per heavy atom. The number of nitrogens with one attached hydrogen (secondary N) is 1. The van der Waals surface area contributed by atoms with E-state index in [0.717, 1.165) is 18.4 Å². The Morgan fingerprint density at radius 1 is 1.38 bits per heavy atom. The maximum absolute atomic E-state index is 12.4. The summed E-state index contributed by atoms with van der Waals surface area (Å²) >= 11 is 0. The lowest BCUT2D eigenvalue weighted by Gasteiger charge is -2.14. The summed E-state index contributed by atoms with van der Waals surface area (Å²) in [6.07, 6.45) is 0.451. The zero-order valence-corrected chi connectivity index (χ0v) is 13.0. The Kier molecular flexibility index (Phi) is 5.67. The first-order chi connectivity index (χ1) is 11.3. The van der Waals surface area contributed by atoms with Crippen LogP contribution in [0.15, 0.2) is 41.7 Å². The van der Waals surface area contributed by atoms with Gasteiger partial charge in [-0.1, -0.05) is 12.1 Å². The van der Waals surface area contributed by atoms with Gasteiger partial charge in [-0.25, -0.2) is 0 Å². The molecule has 0 aliphatic rings. The minimum absolute atomic E-state index is 0.0272. The Hall–Kier alpha value is -2.71. The van der Waals surface area contributed by atoms with E-state index in [0.29, 0.717) is 6.54 Å². The summed E-state index contributed by atoms with van der Waals surface area (Å²) in [6.45, 7) is 0.440. The molecule has 0 saturated carbocycles. The van der Waals surface area contributed by atoms with Crippen molar-refractivity contribution in [3.63, 3.8) is 0 Å². The van der Waals surface area contributed by atoms with Crippen molar-refractivity contribution < 1.29 is 17.9 Å². The number of ether oxygens (including phenoxy) is 1. The number of aromatic nitrogens is 2. The molecule has 0 unspecified atom stereocenters. The van der Waals surface area contributed by atoms with Crippen molar-refractivity contribution in [1.82, 2.24) is 9.78 Å². The van der Waals surface area contributed by atoms with E-state index in [9.17, 15) is 13.2 Å².